The molecule has 0 amide bonds. The van der Waals surface area contributed by atoms with E-state index in [0.29, 0.717) is 16.9 Å². The largest absolute Gasteiger partial charge is 0.478 e. The van der Waals surface area contributed by atoms with Gasteiger partial charge in [-0.2, -0.15) is 5.10 Å². The summed E-state index contributed by atoms with van der Waals surface area (Å²) in [7, 11) is 0. The monoisotopic (exact) mass is 347 g/mol. The van der Waals surface area contributed by atoms with E-state index < -0.39 is 5.97 Å². The second-order valence-electron chi connectivity index (χ2n) is 7.17. The molecule has 3 aromatic rings. The number of H-pyrrole nitrogens is 1. The molecule has 0 radical (unpaired) electrons. The molecule has 1 atom stereocenters. The first-order chi connectivity index (χ1) is 12.5. The number of nitrogens with zero attached hydrogens (tertiary/aromatic N) is 2. The third-order valence-corrected chi connectivity index (χ3v) is 5.14. The Labute approximate surface area is 151 Å². The van der Waals surface area contributed by atoms with E-state index >= 15 is 0 Å². The van der Waals surface area contributed by atoms with Gasteiger partial charge in [-0.1, -0.05) is 25.1 Å². The third kappa shape index (κ3) is 2.60. The smallest absolute Gasteiger partial charge is 0.336 e. The average molecular weight is 347 g/mol. The molecule has 2 heterocycles. The van der Waals surface area contributed by atoms with Gasteiger partial charge < -0.3 is 5.11 Å². The number of aromatic carboxylic acids is 1. The number of hydrogen-bond acceptors (Lipinski definition) is 3. The van der Waals surface area contributed by atoms with Crippen molar-refractivity contribution in [1.82, 2.24) is 15.2 Å². The van der Waals surface area contributed by atoms with E-state index in [1.807, 2.05) is 38.1 Å². The van der Waals surface area contributed by atoms with Gasteiger partial charge in [0, 0.05) is 16.6 Å². The van der Waals surface area contributed by atoms with Gasteiger partial charge in [-0.15, -0.1) is 0 Å². The Hall–Kier alpha value is -2.95. The predicted octanol–water partition coefficient (Wildman–Crippen LogP) is 4.40. The van der Waals surface area contributed by atoms with E-state index in [1.165, 1.54) is 0 Å². The van der Waals surface area contributed by atoms with Gasteiger partial charge in [0.2, 0.25) is 0 Å². The maximum atomic E-state index is 12.1. The molecule has 1 aliphatic rings. The molecule has 5 nitrogen and oxygen atoms in total. The van der Waals surface area contributed by atoms with Crippen LogP contribution in [0.1, 0.15) is 51.9 Å². The molecule has 0 unspecified atom stereocenters. The fraction of sp³-hybridized carbons (Fsp3) is 0.286. The van der Waals surface area contributed by atoms with Crippen molar-refractivity contribution in [2.45, 2.75) is 33.6 Å². The van der Waals surface area contributed by atoms with Crippen molar-refractivity contribution in [3.63, 3.8) is 0 Å². The molecular formula is C21H21N3O2. The highest BCUT2D eigenvalue weighted by Crippen LogP contribution is 2.38. The lowest BCUT2D eigenvalue weighted by Gasteiger charge is -2.26. The zero-order chi connectivity index (χ0) is 18.4. The predicted molar refractivity (Wildman–Crippen MR) is 102 cm³/mol. The van der Waals surface area contributed by atoms with Crippen LogP contribution in [0.2, 0.25) is 0 Å². The molecule has 1 aliphatic carbocycles. The number of carboxylic acids is 1. The lowest BCUT2D eigenvalue weighted by atomic mass is 9.80. The molecule has 4 rings (SSSR count). The average Bonchev–Trinajstić information content (AvgIpc) is 2.91. The molecule has 0 bridgehead atoms. The minimum absolute atomic E-state index is 0.363. The number of nitrogens with one attached hydrogen (secondary N) is 1. The van der Waals surface area contributed by atoms with Gasteiger partial charge in [0.05, 0.1) is 22.5 Å². The molecule has 5 heteroatoms. The lowest BCUT2D eigenvalue weighted by molar-refractivity contribution is 0.0697. The molecule has 0 spiro atoms. The van der Waals surface area contributed by atoms with E-state index in [9.17, 15) is 9.90 Å². The zero-order valence-electron chi connectivity index (χ0n) is 15.1. The van der Waals surface area contributed by atoms with Gasteiger partial charge in [-0.3, -0.25) is 5.10 Å². The van der Waals surface area contributed by atoms with Gasteiger partial charge in [-0.25, -0.2) is 9.78 Å². The van der Waals surface area contributed by atoms with Crippen molar-refractivity contribution < 1.29 is 9.90 Å². The maximum absolute atomic E-state index is 12.1. The van der Waals surface area contributed by atoms with Gasteiger partial charge in [0.1, 0.15) is 0 Å². The van der Waals surface area contributed by atoms with Crippen LogP contribution in [0.15, 0.2) is 24.3 Å². The minimum atomic E-state index is -0.885. The number of rotatable bonds is 2. The van der Waals surface area contributed by atoms with Crippen molar-refractivity contribution in [2.75, 3.05) is 0 Å². The number of benzene rings is 1. The van der Waals surface area contributed by atoms with E-state index in [4.69, 9.17) is 4.98 Å². The van der Waals surface area contributed by atoms with E-state index in [1.54, 1.807) is 0 Å². The van der Waals surface area contributed by atoms with Gasteiger partial charge in [-0.05, 0) is 55.9 Å². The number of carbonyl (C=O) groups is 1. The molecule has 132 valence electrons. The standard InChI is InChI=1S/C21H21N3O2/c1-11-8-14(10-16-12(2)23-24-13(16)3)20-17(9-11)19(21(25)26)15-6-4-5-7-18(15)22-20/h4-7,10-11H,8-9H2,1-3H3,(H,23,24)(H,25,26)/b14-10-/t11-/m1/s1. The van der Waals surface area contributed by atoms with Crippen LogP contribution in [0.4, 0.5) is 0 Å². The fourth-order valence-electron chi connectivity index (χ4n) is 3.93. The van der Waals surface area contributed by atoms with Crippen LogP contribution < -0.4 is 0 Å². The molecule has 2 aromatic heterocycles. The van der Waals surface area contributed by atoms with Gasteiger partial charge >= 0.3 is 5.97 Å². The summed E-state index contributed by atoms with van der Waals surface area (Å²) in [6, 6.07) is 7.49. The van der Waals surface area contributed by atoms with Crippen molar-refractivity contribution in [3.05, 3.63) is 58.0 Å². The number of aromatic nitrogens is 3. The maximum Gasteiger partial charge on any atom is 0.336 e. The number of pyridine rings is 1. The quantitative estimate of drug-likeness (QED) is 0.720. The highest BCUT2D eigenvalue weighted by atomic mass is 16.4. The van der Waals surface area contributed by atoms with Crippen LogP contribution >= 0.6 is 0 Å². The number of hydrogen-bond donors (Lipinski definition) is 2. The molecule has 1 aromatic carbocycles. The van der Waals surface area contributed by atoms with E-state index in [0.717, 1.165) is 52.1 Å². The van der Waals surface area contributed by atoms with Crippen LogP contribution in [0.5, 0.6) is 0 Å². The Balaban J connectivity index is 2.02. The molecule has 0 aliphatic heterocycles. The molecular weight excluding hydrogens is 326 g/mol. The minimum Gasteiger partial charge on any atom is -0.478 e. The Morgan fingerprint density at radius 2 is 2.04 bits per heavy atom. The normalized spacial score (nSPS) is 18.3. The Morgan fingerprint density at radius 1 is 1.27 bits per heavy atom. The number of aromatic amines is 1. The molecule has 26 heavy (non-hydrogen) atoms. The first kappa shape index (κ1) is 16.5. The van der Waals surface area contributed by atoms with Crippen LogP contribution in [0, 0.1) is 19.8 Å². The Bertz CT molecular complexity index is 1040. The fourth-order valence-corrected chi connectivity index (χ4v) is 3.93. The molecule has 0 saturated heterocycles. The topological polar surface area (TPSA) is 78.9 Å². The van der Waals surface area contributed by atoms with Crippen molar-refractivity contribution in [1.29, 1.82) is 0 Å². The second kappa shape index (κ2) is 6.09. The first-order valence-electron chi connectivity index (χ1n) is 8.83. The second-order valence-corrected chi connectivity index (χ2v) is 7.17. The number of aryl methyl sites for hydroxylation is 2. The molecule has 0 fully saturated rings. The number of carboxylic acid groups (broad SMARTS) is 1. The summed E-state index contributed by atoms with van der Waals surface area (Å²) in [6.07, 6.45) is 3.73. The van der Waals surface area contributed by atoms with Crippen molar-refractivity contribution >= 4 is 28.5 Å². The highest BCUT2D eigenvalue weighted by molar-refractivity contribution is 6.06. The SMILES string of the molecule is Cc1n[nH]c(C)c1/C=C1/C[C@@H](C)Cc2c1nc1ccccc1c2C(=O)O. The number of fused-ring (bicyclic) bond motifs is 2. The lowest BCUT2D eigenvalue weighted by Crippen LogP contribution is -2.17. The summed E-state index contributed by atoms with van der Waals surface area (Å²) in [5.74, 6) is -0.522. The molecule has 2 N–H and O–H groups in total. The third-order valence-electron chi connectivity index (χ3n) is 5.14. The summed E-state index contributed by atoms with van der Waals surface area (Å²) < 4.78 is 0. The van der Waals surface area contributed by atoms with E-state index in [-0.39, 0.29) is 0 Å². The summed E-state index contributed by atoms with van der Waals surface area (Å²) in [5, 5.41) is 17.9. The van der Waals surface area contributed by atoms with Gasteiger partial charge in [0.25, 0.3) is 0 Å². The van der Waals surface area contributed by atoms with Crippen LogP contribution in [0.3, 0.4) is 0 Å². The summed E-state index contributed by atoms with van der Waals surface area (Å²) in [4.78, 5) is 16.9. The summed E-state index contributed by atoms with van der Waals surface area (Å²) >= 11 is 0. The van der Waals surface area contributed by atoms with Gasteiger partial charge in [0.15, 0.2) is 0 Å². The Kier molecular flexibility index (Phi) is 3.87. The van der Waals surface area contributed by atoms with E-state index in [2.05, 4.69) is 23.2 Å². The highest BCUT2D eigenvalue weighted by Gasteiger charge is 2.28. The van der Waals surface area contributed by atoms with Crippen molar-refractivity contribution in [2.24, 2.45) is 5.92 Å². The molecule has 0 saturated carbocycles. The number of para-hydroxylation sites is 1. The summed E-state index contributed by atoms with van der Waals surface area (Å²) in [5.41, 5.74) is 6.88. The van der Waals surface area contributed by atoms with Crippen LogP contribution in [0.25, 0.3) is 22.6 Å². The van der Waals surface area contributed by atoms with Crippen LogP contribution in [-0.4, -0.2) is 26.3 Å². The number of allylic oxidation sites excluding steroid dienone is 1. The van der Waals surface area contributed by atoms with Crippen LogP contribution in [-0.2, 0) is 6.42 Å². The van der Waals surface area contributed by atoms with Crippen molar-refractivity contribution in [3.8, 4) is 0 Å². The first-order valence-corrected chi connectivity index (χ1v) is 8.83. The zero-order valence-corrected chi connectivity index (χ0v) is 15.1. The summed E-state index contributed by atoms with van der Waals surface area (Å²) in [6.45, 7) is 6.13. The Morgan fingerprint density at radius 3 is 2.73 bits per heavy atom.